The van der Waals surface area contributed by atoms with Crippen LogP contribution in [0.2, 0.25) is 0 Å². The van der Waals surface area contributed by atoms with Crippen molar-refractivity contribution in [1.82, 2.24) is 10.6 Å². The minimum atomic E-state index is -1.18. The second-order valence-corrected chi connectivity index (χ2v) is 11.5. The van der Waals surface area contributed by atoms with Crippen molar-refractivity contribution in [3.8, 4) is 0 Å². The van der Waals surface area contributed by atoms with Crippen LogP contribution in [-0.4, -0.2) is 52.3 Å². The average Bonchev–Trinajstić information content (AvgIpc) is 3.47. The molecular formula is C29H36N2O6. The van der Waals surface area contributed by atoms with Crippen molar-refractivity contribution in [2.75, 3.05) is 6.54 Å². The number of allylic oxidation sites excluding steroid dienone is 5. The SMILES string of the molecule is CC(=O)[C@H]1[C@@H]2C=C[C@@H]3[C@H]4C/C=C\C(=O)NCCC(O)[C@@H]5NC(=O)/C(=C(O)/C=C/[C@@H]4C[C@@H]3[C@H]2C[C@H]1C)C5=O. The van der Waals surface area contributed by atoms with Crippen LogP contribution in [0.3, 0.4) is 0 Å². The number of ketones is 2. The number of aliphatic hydroxyl groups is 2. The van der Waals surface area contributed by atoms with Crippen LogP contribution in [0, 0.1) is 47.3 Å². The molecule has 0 aromatic carbocycles. The first-order valence-electron chi connectivity index (χ1n) is 13.4. The summed E-state index contributed by atoms with van der Waals surface area (Å²) in [6, 6.07) is -1.15. The van der Waals surface area contributed by atoms with Gasteiger partial charge in [-0.15, -0.1) is 0 Å². The van der Waals surface area contributed by atoms with Gasteiger partial charge in [0.25, 0.3) is 5.91 Å². The first-order valence-corrected chi connectivity index (χ1v) is 13.4. The van der Waals surface area contributed by atoms with E-state index in [0.29, 0.717) is 24.2 Å². The van der Waals surface area contributed by atoms with E-state index in [1.54, 1.807) is 6.92 Å². The molecule has 4 N–H and O–H groups in total. The number of rotatable bonds is 1. The Bertz CT molecular complexity index is 1120. The van der Waals surface area contributed by atoms with E-state index in [4.69, 9.17) is 0 Å². The molecule has 8 nitrogen and oxygen atoms in total. The zero-order valence-corrected chi connectivity index (χ0v) is 21.3. The third kappa shape index (κ3) is 4.60. The summed E-state index contributed by atoms with van der Waals surface area (Å²) in [4.78, 5) is 50.1. The molecule has 2 heterocycles. The fraction of sp³-hybridized carbons (Fsp3) is 0.586. The van der Waals surface area contributed by atoms with Crippen LogP contribution in [0.5, 0.6) is 0 Å². The first kappa shape index (κ1) is 25.6. The van der Waals surface area contributed by atoms with Crippen LogP contribution in [0.1, 0.15) is 39.5 Å². The van der Waals surface area contributed by atoms with Crippen LogP contribution < -0.4 is 10.6 Å². The van der Waals surface area contributed by atoms with E-state index in [-0.39, 0.29) is 65.6 Å². The molecule has 0 aromatic heterocycles. The molecule has 2 bridgehead atoms. The maximum atomic E-state index is 12.8. The summed E-state index contributed by atoms with van der Waals surface area (Å²) in [5, 5.41) is 26.3. The summed E-state index contributed by atoms with van der Waals surface area (Å²) in [6.07, 6.45) is 12.7. The lowest BCUT2D eigenvalue weighted by Crippen LogP contribution is -2.42. The number of hydrogen-bond acceptors (Lipinski definition) is 6. The number of hydrogen-bond donors (Lipinski definition) is 4. The minimum Gasteiger partial charge on any atom is -0.507 e. The molecule has 3 aliphatic carbocycles. The highest BCUT2D eigenvalue weighted by Crippen LogP contribution is 2.58. The van der Waals surface area contributed by atoms with Gasteiger partial charge in [-0.05, 0) is 86.2 Å². The van der Waals surface area contributed by atoms with Crippen molar-refractivity contribution < 1.29 is 29.4 Å². The standard InChI is InChI=1S/C29H36N2O6/c1-14-12-20-19(25(14)15(2)32)8-7-18-17-4-3-5-24(35)30-11-10-23(34)27-28(36)26(29(37)31-27)22(33)9-6-16(17)13-21(18)20/h3,5-9,14,16-21,23,25,27,33-34H,4,10-13H2,1-2H3,(H,30,35)(H,31,37)/b5-3-,9-6+,26-22-/t14-,16-,17+,18-,19-,20+,21+,23?,25+,27+/m1/s1. The topological polar surface area (TPSA) is 133 Å². The van der Waals surface area contributed by atoms with Gasteiger partial charge >= 0.3 is 0 Å². The van der Waals surface area contributed by atoms with Gasteiger partial charge in [-0.25, -0.2) is 0 Å². The van der Waals surface area contributed by atoms with E-state index in [0.717, 1.165) is 12.8 Å². The van der Waals surface area contributed by atoms with Gasteiger partial charge in [0.2, 0.25) is 5.91 Å². The van der Waals surface area contributed by atoms with Gasteiger partial charge in [-0.1, -0.05) is 31.2 Å². The number of Topliss-reactive ketones (excluding diaryl/α,β-unsaturated/α-hetero) is 2. The Labute approximate surface area is 217 Å². The highest BCUT2D eigenvalue weighted by atomic mass is 16.3. The van der Waals surface area contributed by atoms with Crippen LogP contribution in [-0.2, 0) is 19.2 Å². The van der Waals surface area contributed by atoms with Crippen LogP contribution in [0.25, 0.3) is 0 Å². The third-order valence-electron chi connectivity index (χ3n) is 9.43. The molecule has 10 atom stereocenters. The maximum absolute atomic E-state index is 12.8. The van der Waals surface area contributed by atoms with Gasteiger partial charge in [0.1, 0.15) is 23.2 Å². The van der Waals surface area contributed by atoms with Gasteiger partial charge < -0.3 is 20.8 Å². The molecule has 0 radical (unpaired) electrons. The van der Waals surface area contributed by atoms with Gasteiger partial charge in [-0.3, -0.25) is 19.2 Å². The van der Waals surface area contributed by atoms with Gasteiger partial charge in [0, 0.05) is 12.5 Å². The highest BCUT2D eigenvalue weighted by Gasteiger charge is 2.53. The summed E-state index contributed by atoms with van der Waals surface area (Å²) in [6.45, 7) is 4.01. The molecule has 3 fully saturated rings. The molecule has 8 heteroatoms. The molecule has 37 heavy (non-hydrogen) atoms. The van der Waals surface area contributed by atoms with Crippen LogP contribution in [0.15, 0.2) is 47.8 Å². The lowest BCUT2D eigenvalue weighted by atomic mass is 9.69. The zero-order chi connectivity index (χ0) is 26.4. The number of aliphatic hydroxyl groups excluding tert-OH is 2. The van der Waals surface area contributed by atoms with Gasteiger partial charge in [0.05, 0.1) is 6.10 Å². The molecular weight excluding hydrogens is 472 g/mol. The van der Waals surface area contributed by atoms with Crippen LogP contribution in [0.4, 0.5) is 0 Å². The molecule has 1 saturated heterocycles. The second-order valence-electron chi connectivity index (χ2n) is 11.5. The lowest BCUT2D eigenvalue weighted by molar-refractivity contribution is -0.123. The monoisotopic (exact) mass is 508 g/mol. The molecule has 1 unspecified atom stereocenters. The third-order valence-corrected chi connectivity index (χ3v) is 9.43. The van der Waals surface area contributed by atoms with Crippen molar-refractivity contribution in [2.45, 2.75) is 51.7 Å². The van der Waals surface area contributed by atoms with Gasteiger partial charge in [0.15, 0.2) is 5.78 Å². The van der Waals surface area contributed by atoms with Crippen molar-refractivity contribution in [1.29, 1.82) is 0 Å². The van der Waals surface area contributed by atoms with Crippen molar-refractivity contribution in [3.05, 3.63) is 47.8 Å². The molecule has 5 rings (SSSR count). The van der Waals surface area contributed by atoms with E-state index in [9.17, 15) is 29.4 Å². The predicted molar refractivity (Wildman–Crippen MR) is 136 cm³/mol. The summed E-state index contributed by atoms with van der Waals surface area (Å²) < 4.78 is 0. The number of nitrogens with one attached hydrogen (secondary N) is 2. The Hall–Kier alpha value is -3.00. The summed E-state index contributed by atoms with van der Waals surface area (Å²) in [5.41, 5.74) is -0.336. The number of carbonyl (C=O) groups excluding carboxylic acids is 4. The molecule has 5 aliphatic rings. The maximum Gasteiger partial charge on any atom is 0.259 e. The van der Waals surface area contributed by atoms with E-state index >= 15 is 0 Å². The first-order chi connectivity index (χ1) is 17.7. The summed E-state index contributed by atoms with van der Waals surface area (Å²) in [7, 11) is 0. The van der Waals surface area contributed by atoms with Crippen LogP contribution >= 0.6 is 0 Å². The summed E-state index contributed by atoms with van der Waals surface area (Å²) >= 11 is 0. The van der Waals surface area contributed by atoms with E-state index in [1.807, 2.05) is 12.2 Å². The number of fused-ring (bicyclic) bond motifs is 7. The quantitative estimate of drug-likeness (QED) is 0.317. The Morgan fingerprint density at radius 2 is 1.73 bits per heavy atom. The molecule has 2 saturated carbocycles. The number of amides is 2. The smallest absolute Gasteiger partial charge is 0.259 e. The Kier molecular flexibility index (Phi) is 6.96. The zero-order valence-electron chi connectivity index (χ0n) is 21.3. The molecule has 0 spiro atoms. The molecule has 0 aromatic rings. The number of carbonyl (C=O) groups is 4. The summed E-state index contributed by atoms with van der Waals surface area (Å²) in [5.74, 6) is 0.217. The fourth-order valence-corrected chi connectivity index (χ4v) is 7.84. The van der Waals surface area contributed by atoms with Crippen molar-refractivity contribution in [3.63, 3.8) is 0 Å². The van der Waals surface area contributed by atoms with Gasteiger partial charge in [-0.2, -0.15) is 0 Å². The lowest BCUT2D eigenvalue weighted by Gasteiger charge is -2.35. The Morgan fingerprint density at radius 3 is 2.49 bits per heavy atom. The van der Waals surface area contributed by atoms with E-state index in [2.05, 4.69) is 29.7 Å². The van der Waals surface area contributed by atoms with Crippen molar-refractivity contribution in [2.24, 2.45) is 47.3 Å². The molecule has 2 amide bonds. The largest absolute Gasteiger partial charge is 0.507 e. The van der Waals surface area contributed by atoms with Crippen molar-refractivity contribution >= 4 is 23.4 Å². The Balaban J connectivity index is 1.47. The Morgan fingerprint density at radius 1 is 1.00 bits per heavy atom. The molecule has 2 aliphatic heterocycles. The predicted octanol–water partition coefficient (Wildman–Crippen LogP) is 2.16. The second kappa shape index (κ2) is 10.0. The van der Waals surface area contributed by atoms with E-state index in [1.165, 1.54) is 12.2 Å². The highest BCUT2D eigenvalue weighted by molar-refractivity contribution is 6.27. The average molecular weight is 509 g/mol. The fourth-order valence-electron chi connectivity index (χ4n) is 7.84. The van der Waals surface area contributed by atoms with E-state index < -0.39 is 23.8 Å². The normalized spacial score (nSPS) is 45.4. The minimum absolute atomic E-state index is 0.0530. The molecule has 198 valence electrons.